The molecule has 0 aromatic carbocycles. The standard InChI is InChI=1S/C22H35N5O/c28-22(12-9-19-7-3-4-8-19)27-17-15-26(16-18-27)21-11-10-20(23-24-21)25-13-5-1-2-6-14-25/h10-11,19H,1-9,12-18H2. The third kappa shape index (κ3) is 4.95. The molecule has 0 unspecified atom stereocenters. The zero-order chi connectivity index (χ0) is 19.2. The van der Waals surface area contributed by atoms with E-state index in [2.05, 4.69) is 32.1 Å². The highest BCUT2D eigenvalue weighted by Gasteiger charge is 2.24. The van der Waals surface area contributed by atoms with Crippen LogP contribution in [0.5, 0.6) is 0 Å². The fourth-order valence-electron chi connectivity index (χ4n) is 4.92. The van der Waals surface area contributed by atoms with Crippen LogP contribution in [-0.4, -0.2) is 60.3 Å². The summed E-state index contributed by atoms with van der Waals surface area (Å²) in [6, 6.07) is 4.22. The molecule has 1 aromatic heterocycles. The maximum Gasteiger partial charge on any atom is 0.222 e. The predicted molar refractivity (Wildman–Crippen MR) is 113 cm³/mol. The first-order valence-electron chi connectivity index (χ1n) is 11.4. The molecule has 1 aromatic rings. The van der Waals surface area contributed by atoms with Crippen molar-refractivity contribution in [2.45, 2.75) is 64.2 Å². The molecule has 0 N–H and O–H groups in total. The quantitative estimate of drug-likeness (QED) is 0.777. The number of hydrogen-bond acceptors (Lipinski definition) is 5. The van der Waals surface area contributed by atoms with E-state index < -0.39 is 0 Å². The predicted octanol–water partition coefficient (Wildman–Crippen LogP) is 3.48. The lowest BCUT2D eigenvalue weighted by Crippen LogP contribution is -2.49. The molecule has 0 bridgehead atoms. The third-order valence-corrected chi connectivity index (χ3v) is 6.76. The van der Waals surface area contributed by atoms with Gasteiger partial charge in [0.15, 0.2) is 11.6 Å². The lowest BCUT2D eigenvalue weighted by atomic mass is 10.0. The average molecular weight is 386 g/mol. The van der Waals surface area contributed by atoms with Gasteiger partial charge in [-0.3, -0.25) is 4.79 Å². The van der Waals surface area contributed by atoms with Crippen molar-refractivity contribution in [3.05, 3.63) is 12.1 Å². The monoisotopic (exact) mass is 385 g/mol. The smallest absolute Gasteiger partial charge is 0.222 e. The average Bonchev–Trinajstić information content (AvgIpc) is 3.12. The van der Waals surface area contributed by atoms with E-state index >= 15 is 0 Å². The van der Waals surface area contributed by atoms with Gasteiger partial charge in [-0.2, -0.15) is 0 Å². The molecule has 0 atom stereocenters. The Morgan fingerprint density at radius 3 is 1.93 bits per heavy atom. The zero-order valence-electron chi connectivity index (χ0n) is 17.2. The van der Waals surface area contributed by atoms with Crippen LogP contribution in [-0.2, 0) is 4.79 Å². The van der Waals surface area contributed by atoms with Gasteiger partial charge >= 0.3 is 0 Å². The van der Waals surface area contributed by atoms with Gasteiger partial charge in [0, 0.05) is 45.7 Å². The Labute approximate surface area is 169 Å². The largest absolute Gasteiger partial charge is 0.355 e. The number of amides is 1. The van der Waals surface area contributed by atoms with Crippen LogP contribution in [0.3, 0.4) is 0 Å². The van der Waals surface area contributed by atoms with Crippen LogP contribution in [0.15, 0.2) is 12.1 Å². The second-order valence-corrected chi connectivity index (χ2v) is 8.71. The van der Waals surface area contributed by atoms with E-state index in [9.17, 15) is 4.79 Å². The number of piperazine rings is 1. The van der Waals surface area contributed by atoms with Crippen LogP contribution in [0.25, 0.3) is 0 Å². The minimum absolute atomic E-state index is 0.342. The molecule has 6 nitrogen and oxygen atoms in total. The van der Waals surface area contributed by atoms with Crippen molar-refractivity contribution >= 4 is 17.5 Å². The first-order valence-corrected chi connectivity index (χ1v) is 11.4. The summed E-state index contributed by atoms with van der Waals surface area (Å²) in [6.45, 7) is 5.50. The number of carbonyl (C=O) groups is 1. The van der Waals surface area contributed by atoms with E-state index in [1.165, 1.54) is 51.4 Å². The Kier molecular flexibility index (Phi) is 6.65. The molecule has 4 rings (SSSR count). The molecule has 3 aliphatic rings. The highest BCUT2D eigenvalue weighted by Crippen LogP contribution is 2.29. The van der Waals surface area contributed by atoms with Crippen LogP contribution in [0, 0.1) is 5.92 Å². The van der Waals surface area contributed by atoms with E-state index in [4.69, 9.17) is 0 Å². The van der Waals surface area contributed by atoms with E-state index in [-0.39, 0.29) is 0 Å². The highest BCUT2D eigenvalue weighted by molar-refractivity contribution is 5.76. The van der Waals surface area contributed by atoms with Crippen molar-refractivity contribution in [2.75, 3.05) is 49.1 Å². The molecule has 154 valence electrons. The van der Waals surface area contributed by atoms with Crippen LogP contribution < -0.4 is 9.80 Å². The molecule has 2 aliphatic heterocycles. The van der Waals surface area contributed by atoms with Crippen LogP contribution >= 0.6 is 0 Å². The van der Waals surface area contributed by atoms with Crippen molar-refractivity contribution in [1.82, 2.24) is 15.1 Å². The molecular weight excluding hydrogens is 350 g/mol. The van der Waals surface area contributed by atoms with Crippen molar-refractivity contribution in [2.24, 2.45) is 5.92 Å². The van der Waals surface area contributed by atoms with Crippen molar-refractivity contribution in [3.63, 3.8) is 0 Å². The molecule has 3 fully saturated rings. The lowest BCUT2D eigenvalue weighted by Gasteiger charge is -2.35. The van der Waals surface area contributed by atoms with Crippen LogP contribution in [0.2, 0.25) is 0 Å². The minimum Gasteiger partial charge on any atom is -0.355 e. The number of carbonyl (C=O) groups excluding carboxylic acids is 1. The molecule has 28 heavy (non-hydrogen) atoms. The van der Waals surface area contributed by atoms with Gasteiger partial charge in [-0.25, -0.2) is 0 Å². The Morgan fingerprint density at radius 2 is 1.36 bits per heavy atom. The van der Waals surface area contributed by atoms with Crippen molar-refractivity contribution in [3.8, 4) is 0 Å². The molecule has 3 heterocycles. The molecule has 6 heteroatoms. The van der Waals surface area contributed by atoms with E-state index in [0.29, 0.717) is 5.91 Å². The van der Waals surface area contributed by atoms with Crippen molar-refractivity contribution < 1.29 is 4.79 Å². The third-order valence-electron chi connectivity index (χ3n) is 6.76. The number of hydrogen-bond donors (Lipinski definition) is 0. The number of nitrogens with zero attached hydrogens (tertiary/aromatic N) is 5. The summed E-state index contributed by atoms with van der Waals surface area (Å²) in [6.07, 6.45) is 12.3. The van der Waals surface area contributed by atoms with Gasteiger partial charge < -0.3 is 14.7 Å². The summed E-state index contributed by atoms with van der Waals surface area (Å²) in [7, 11) is 0. The maximum atomic E-state index is 12.5. The summed E-state index contributed by atoms with van der Waals surface area (Å²) in [5.41, 5.74) is 0. The molecule has 1 aliphatic carbocycles. The second kappa shape index (κ2) is 9.57. The topological polar surface area (TPSA) is 52.6 Å². The normalized spacial score (nSPS) is 21.8. The van der Waals surface area contributed by atoms with E-state index in [1.54, 1.807) is 0 Å². The first kappa shape index (κ1) is 19.5. The van der Waals surface area contributed by atoms with Gasteiger partial charge in [0.25, 0.3) is 0 Å². The van der Waals surface area contributed by atoms with Gasteiger partial charge in [0.2, 0.25) is 5.91 Å². The minimum atomic E-state index is 0.342. The molecular formula is C22H35N5O. The Bertz CT molecular complexity index is 612. The van der Waals surface area contributed by atoms with E-state index in [0.717, 1.165) is 69.7 Å². The van der Waals surface area contributed by atoms with Gasteiger partial charge in [0.05, 0.1) is 0 Å². The van der Waals surface area contributed by atoms with Crippen LogP contribution in [0.1, 0.15) is 64.2 Å². The molecule has 1 amide bonds. The summed E-state index contributed by atoms with van der Waals surface area (Å²) in [5, 5.41) is 9.00. The molecule has 1 saturated carbocycles. The number of rotatable bonds is 5. The first-order chi connectivity index (χ1) is 13.8. The van der Waals surface area contributed by atoms with Crippen molar-refractivity contribution in [1.29, 1.82) is 0 Å². The summed E-state index contributed by atoms with van der Waals surface area (Å²) < 4.78 is 0. The van der Waals surface area contributed by atoms with Crippen LogP contribution in [0.4, 0.5) is 11.6 Å². The van der Waals surface area contributed by atoms with Gasteiger partial charge in [0.1, 0.15) is 0 Å². The Balaban J connectivity index is 1.24. The summed E-state index contributed by atoms with van der Waals surface area (Å²) in [4.78, 5) is 19.2. The number of aromatic nitrogens is 2. The summed E-state index contributed by atoms with van der Waals surface area (Å²) in [5.74, 6) is 3.08. The maximum absolute atomic E-state index is 12.5. The number of anilines is 2. The lowest BCUT2D eigenvalue weighted by molar-refractivity contribution is -0.131. The van der Waals surface area contributed by atoms with Gasteiger partial charge in [-0.15, -0.1) is 10.2 Å². The molecule has 2 saturated heterocycles. The van der Waals surface area contributed by atoms with Gasteiger partial charge in [-0.1, -0.05) is 38.5 Å². The Hall–Kier alpha value is -1.85. The van der Waals surface area contributed by atoms with Gasteiger partial charge in [-0.05, 0) is 37.3 Å². The molecule has 0 spiro atoms. The summed E-state index contributed by atoms with van der Waals surface area (Å²) >= 11 is 0. The SMILES string of the molecule is O=C(CCC1CCCC1)N1CCN(c2ccc(N3CCCCCC3)nn2)CC1. The fraction of sp³-hybridized carbons (Fsp3) is 0.773. The molecule has 0 radical (unpaired) electrons. The second-order valence-electron chi connectivity index (χ2n) is 8.71. The Morgan fingerprint density at radius 1 is 0.786 bits per heavy atom. The van der Waals surface area contributed by atoms with E-state index in [1.807, 2.05) is 4.90 Å². The fourth-order valence-corrected chi connectivity index (χ4v) is 4.92. The zero-order valence-corrected chi connectivity index (χ0v) is 17.2. The highest BCUT2D eigenvalue weighted by atomic mass is 16.2.